The fourth-order valence-electron chi connectivity index (χ4n) is 2.04. The smallest absolute Gasteiger partial charge is 0.161 e. The summed E-state index contributed by atoms with van der Waals surface area (Å²) in [5, 5.41) is 9.98. The van der Waals surface area contributed by atoms with Gasteiger partial charge < -0.3 is 10.8 Å². The fourth-order valence-corrected chi connectivity index (χ4v) is 2.04. The van der Waals surface area contributed by atoms with Crippen LogP contribution in [0, 0.1) is 0 Å². The summed E-state index contributed by atoms with van der Waals surface area (Å²) in [6.07, 6.45) is 3.22. The van der Waals surface area contributed by atoms with E-state index in [4.69, 9.17) is 5.73 Å². The van der Waals surface area contributed by atoms with E-state index in [9.17, 15) is 9.90 Å². The molecule has 2 aromatic rings. The first-order valence-corrected chi connectivity index (χ1v) is 6.56. The third kappa shape index (κ3) is 3.29. The van der Waals surface area contributed by atoms with E-state index in [-0.39, 0.29) is 5.78 Å². The number of pyridine rings is 1. The van der Waals surface area contributed by atoms with Crippen LogP contribution >= 0.6 is 0 Å². The predicted molar refractivity (Wildman–Crippen MR) is 78.3 cm³/mol. The molecule has 0 radical (unpaired) electrons. The lowest BCUT2D eigenvalue weighted by molar-refractivity contribution is 0.101. The summed E-state index contributed by atoms with van der Waals surface area (Å²) in [5.74, 6) is -0.0151. The molecule has 1 atom stereocenters. The van der Waals surface area contributed by atoms with Crippen molar-refractivity contribution in [3.63, 3.8) is 0 Å². The Morgan fingerprint density at radius 1 is 1.30 bits per heavy atom. The third-order valence-corrected chi connectivity index (χ3v) is 3.19. The molecule has 4 nitrogen and oxygen atoms in total. The minimum Gasteiger partial charge on any atom is -0.388 e. The molecule has 0 aliphatic carbocycles. The van der Waals surface area contributed by atoms with Gasteiger partial charge in [-0.15, -0.1) is 0 Å². The number of aromatic nitrogens is 1. The van der Waals surface area contributed by atoms with Crippen LogP contribution in [-0.4, -0.2) is 22.4 Å². The Balaban J connectivity index is 2.35. The standard InChI is InChI=1S/C16H18N2O2/c1-11(19)14-8-15(10-18-9-14)12-3-2-4-13(7-12)16(20)5-6-17/h2-4,7-10,16,20H,5-6,17H2,1H3. The van der Waals surface area contributed by atoms with Crippen molar-refractivity contribution < 1.29 is 9.90 Å². The van der Waals surface area contributed by atoms with Gasteiger partial charge in [-0.05, 0) is 43.1 Å². The molecule has 4 heteroatoms. The zero-order valence-corrected chi connectivity index (χ0v) is 11.4. The van der Waals surface area contributed by atoms with Crippen LogP contribution in [0.3, 0.4) is 0 Å². The van der Waals surface area contributed by atoms with E-state index in [1.165, 1.54) is 6.92 Å². The summed E-state index contributed by atoms with van der Waals surface area (Å²) in [4.78, 5) is 15.5. The first-order chi connectivity index (χ1) is 9.61. The van der Waals surface area contributed by atoms with Crippen LogP contribution in [0.1, 0.15) is 35.4 Å². The molecule has 0 aliphatic rings. The largest absolute Gasteiger partial charge is 0.388 e. The molecule has 2 rings (SSSR count). The van der Waals surface area contributed by atoms with Gasteiger partial charge in [0.15, 0.2) is 5.78 Å². The first kappa shape index (κ1) is 14.4. The number of nitrogens with zero attached hydrogens (tertiary/aromatic N) is 1. The number of ketones is 1. The van der Waals surface area contributed by atoms with Crippen LogP contribution < -0.4 is 5.73 Å². The third-order valence-electron chi connectivity index (χ3n) is 3.19. The molecule has 0 saturated heterocycles. The van der Waals surface area contributed by atoms with Gasteiger partial charge in [-0.1, -0.05) is 18.2 Å². The molecule has 20 heavy (non-hydrogen) atoms. The lowest BCUT2D eigenvalue weighted by atomic mass is 9.99. The molecule has 1 heterocycles. The van der Waals surface area contributed by atoms with Crippen molar-refractivity contribution >= 4 is 5.78 Å². The molecule has 0 spiro atoms. The highest BCUT2D eigenvalue weighted by molar-refractivity contribution is 5.94. The second-order valence-corrected chi connectivity index (χ2v) is 4.74. The summed E-state index contributed by atoms with van der Waals surface area (Å²) in [5.41, 5.74) is 8.65. The Hall–Kier alpha value is -2.04. The number of rotatable bonds is 5. The van der Waals surface area contributed by atoms with Crippen LogP contribution in [0.5, 0.6) is 0 Å². The van der Waals surface area contributed by atoms with E-state index in [2.05, 4.69) is 4.98 Å². The van der Waals surface area contributed by atoms with Crippen LogP contribution in [0.4, 0.5) is 0 Å². The number of benzene rings is 1. The molecule has 0 saturated carbocycles. The summed E-state index contributed by atoms with van der Waals surface area (Å²) in [7, 11) is 0. The van der Waals surface area contributed by atoms with Crippen molar-refractivity contribution in [2.45, 2.75) is 19.4 Å². The maximum atomic E-state index is 11.4. The highest BCUT2D eigenvalue weighted by Crippen LogP contribution is 2.24. The number of aliphatic hydroxyl groups excluding tert-OH is 1. The Morgan fingerprint density at radius 3 is 2.80 bits per heavy atom. The predicted octanol–water partition coefficient (Wildman–Crippen LogP) is 2.33. The van der Waals surface area contributed by atoms with Crippen LogP contribution in [0.2, 0.25) is 0 Å². The highest BCUT2D eigenvalue weighted by atomic mass is 16.3. The number of aliphatic hydroxyl groups is 1. The van der Waals surface area contributed by atoms with E-state index in [0.29, 0.717) is 18.5 Å². The topological polar surface area (TPSA) is 76.2 Å². The molecule has 3 N–H and O–H groups in total. The van der Waals surface area contributed by atoms with Gasteiger partial charge in [0.05, 0.1) is 6.10 Å². The molecule has 0 aliphatic heterocycles. The Labute approximate surface area is 118 Å². The maximum absolute atomic E-state index is 11.4. The van der Waals surface area contributed by atoms with Crippen LogP contribution in [0.25, 0.3) is 11.1 Å². The van der Waals surface area contributed by atoms with Gasteiger partial charge in [0.25, 0.3) is 0 Å². The SMILES string of the molecule is CC(=O)c1cncc(-c2cccc(C(O)CCN)c2)c1. The number of carbonyl (C=O) groups is 1. The average Bonchev–Trinajstić information content (AvgIpc) is 2.48. The molecular formula is C16H18N2O2. The summed E-state index contributed by atoms with van der Waals surface area (Å²) in [6.45, 7) is 1.95. The summed E-state index contributed by atoms with van der Waals surface area (Å²) in [6, 6.07) is 9.39. The Morgan fingerprint density at radius 2 is 2.10 bits per heavy atom. The van der Waals surface area contributed by atoms with Crippen LogP contribution in [-0.2, 0) is 0 Å². The van der Waals surface area contributed by atoms with E-state index in [1.54, 1.807) is 12.4 Å². The van der Waals surface area contributed by atoms with E-state index in [1.807, 2.05) is 30.3 Å². The molecule has 1 unspecified atom stereocenters. The highest BCUT2D eigenvalue weighted by Gasteiger charge is 2.09. The van der Waals surface area contributed by atoms with E-state index < -0.39 is 6.10 Å². The molecule has 0 fully saturated rings. The van der Waals surface area contributed by atoms with Crippen LogP contribution in [0.15, 0.2) is 42.7 Å². The zero-order chi connectivity index (χ0) is 14.5. The van der Waals surface area contributed by atoms with Crippen molar-refractivity contribution in [3.8, 4) is 11.1 Å². The quantitative estimate of drug-likeness (QED) is 0.818. The van der Waals surface area contributed by atoms with Gasteiger partial charge in [0.2, 0.25) is 0 Å². The Kier molecular flexibility index (Phi) is 4.61. The first-order valence-electron chi connectivity index (χ1n) is 6.56. The van der Waals surface area contributed by atoms with E-state index >= 15 is 0 Å². The molecule has 1 aromatic heterocycles. The molecule has 104 valence electrons. The second-order valence-electron chi connectivity index (χ2n) is 4.74. The van der Waals surface area contributed by atoms with Gasteiger partial charge in [-0.25, -0.2) is 0 Å². The maximum Gasteiger partial charge on any atom is 0.161 e. The van der Waals surface area contributed by atoms with Crippen molar-refractivity contribution in [2.75, 3.05) is 6.54 Å². The van der Waals surface area contributed by atoms with Crippen molar-refractivity contribution in [1.29, 1.82) is 0 Å². The van der Waals surface area contributed by atoms with E-state index in [0.717, 1.165) is 16.7 Å². The number of Topliss-reactive ketones (excluding diaryl/α,β-unsaturated/α-hetero) is 1. The van der Waals surface area contributed by atoms with Crippen molar-refractivity contribution in [1.82, 2.24) is 4.98 Å². The van der Waals surface area contributed by atoms with Gasteiger partial charge in [-0.3, -0.25) is 9.78 Å². The molecular weight excluding hydrogens is 252 g/mol. The summed E-state index contributed by atoms with van der Waals surface area (Å²) >= 11 is 0. The number of carbonyl (C=O) groups excluding carboxylic acids is 1. The number of hydrogen-bond acceptors (Lipinski definition) is 4. The molecule has 0 amide bonds. The second kappa shape index (κ2) is 6.41. The normalized spacial score (nSPS) is 12.2. The Bertz CT molecular complexity index is 611. The van der Waals surface area contributed by atoms with Gasteiger partial charge >= 0.3 is 0 Å². The van der Waals surface area contributed by atoms with Gasteiger partial charge in [-0.2, -0.15) is 0 Å². The number of nitrogens with two attached hydrogens (primary N) is 1. The lowest BCUT2D eigenvalue weighted by Gasteiger charge is -2.11. The van der Waals surface area contributed by atoms with Crippen molar-refractivity contribution in [2.24, 2.45) is 5.73 Å². The van der Waals surface area contributed by atoms with Gasteiger partial charge in [0, 0.05) is 23.5 Å². The number of hydrogen-bond donors (Lipinski definition) is 2. The minimum absolute atomic E-state index is 0.0151. The monoisotopic (exact) mass is 270 g/mol. The zero-order valence-electron chi connectivity index (χ0n) is 11.4. The van der Waals surface area contributed by atoms with Gasteiger partial charge in [0.1, 0.15) is 0 Å². The van der Waals surface area contributed by atoms with Crippen molar-refractivity contribution in [3.05, 3.63) is 53.9 Å². The lowest BCUT2D eigenvalue weighted by Crippen LogP contribution is -2.06. The average molecular weight is 270 g/mol. The summed E-state index contributed by atoms with van der Waals surface area (Å²) < 4.78 is 0. The molecule has 0 bridgehead atoms. The minimum atomic E-state index is -0.566. The molecule has 1 aromatic carbocycles. The fraction of sp³-hybridized carbons (Fsp3) is 0.250.